The minimum atomic E-state index is -0.160. The van der Waals surface area contributed by atoms with Gasteiger partial charge < -0.3 is 19.7 Å². The summed E-state index contributed by atoms with van der Waals surface area (Å²) in [5, 5.41) is 2.88. The molecule has 0 atom stereocenters. The van der Waals surface area contributed by atoms with Crippen LogP contribution in [0.1, 0.15) is 11.1 Å². The Kier molecular flexibility index (Phi) is 5.80. The van der Waals surface area contributed by atoms with E-state index in [2.05, 4.69) is 10.3 Å². The zero-order valence-electron chi connectivity index (χ0n) is 13.6. The molecule has 0 aliphatic rings. The summed E-state index contributed by atoms with van der Waals surface area (Å²) in [6.07, 6.45) is 1.66. The number of amides is 2. The highest BCUT2D eigenvalue weighted by Crippen LogP contribution is 2.15. The van der Waals surface area contributed by atoms with Crippen LogP contribution in [-0.2, 0) is 13.1 Å². The molecule has 0 bridgehead atoms. The molecule has 0 fully saturated rings. The van der Waals surface area contributed by atoms with Gasteiger partial charge in [-0.2, -0.15) is 0 Å². The van der Waals surface area contributed by atoms with Crippen molar-refractivity contribution in [3.05, 3.63) is 53.7 Å². The highest BCUT2D eigenvalue weighted by Gasteiger charge is 2.12. The van der Waals surface area contributed by atoms with Crippen LogP contribution < -0.4 is 14.8 Å². The molecule has 0 radical (unpaired) electrons. The second-order valence-corrected chi connectivity index (χ2v) is 5.03. The molecule has 1 aromatic carbocycles. The van der Waals surface area contributed by atoms with Crippen LogP contribution in [0.25, 0.3) is 0 Å². The Morgan fingerprint density at radius 2 is 1.91 bits per heavy atom. The summed E-state index contributed by atoms with van der Waals surface area (Å²) >= 11 is 0. The van der Waals surface area contributed by atoms with Crippen molar-refractivity contribution < 1.29 is 14.3 Å². The van der Waals surface area contributed by atoms with E-state index >= 15 is 0 Å². The molecule has 0 spiro atoms. The van der Waals surface area contributed by atoms with Crippen molar-refractivity contribution in [1.29, 1.82) is 0 Å². The first-order chi connectivity index (χ1) is 11.1. The molecule has 2 amide bonds. The first-order valence-corrected chi connectivity index (χ1v) is 7.24. The zero-order valence-corrected chi connectivity index (χ0v) is 13.6. The summed E-state index contributed by atoms with van der Waals surface area (Å²) in [5.74, 6) is 1.32. The van der Waals surface area contributed by atoms with Crippen LogP contribution in [0, 0.1) is 0 Å². The van der Waals surface area contributed by atoms with Crippen LogP contribution in [0.5, 0.6) is 11.6 Å². The van der Waals surface area contributed by atoms with Crippen LogP contribution >= 0.6 is 0 Å². The van der Waals surface area contributed by atoms with Crippen LogP contribution in [-0.4, -0.2) is 37.2 Å². The van der Waals surface area contributed by atoms with Crippen molar-refractivity contribution >= 4 is 6.03 Å². The maximum atomic E-state index is 12.2. The fourth-order valence-electron chi connectivity index (χ4n) is 2.11. The molecule has 6 nitrogen and oxygen atoms in total. The van der Waals surface area contributed by atoms with Crippen molar-refractivity contribution in [2.45, 2.75) is 13.1 Å². The second-order valence-electron chi connectivity index (χ2n) is 5.03. The Balaban J connectivity index is 1.89. The van der Waals surface area contributed by atoms with E-state index < -0.39 is 0 Å². The molecule has 1 N–H and O–H groups in total. The lowest BCUT2D eigenvalue weighted by atomic mass is 10.2. The molecule has 0 unspecified atom stereocenters. The fraction of sp³-hybridized carbons (Fsp3) is 0.294. The van der Waals surface area contributed by atoms with Gasteiger partial charge in [-0.3, -0.25) is 0 Å². The Morgan fingerprint density at radius 1 is 1.17 bits per heavy atom. The first kappa shape index (κ1) is 16.6. The molecule has 0 aliphatic carbocycles. The van der Waals surface area contributed by atoms with Gasteiger partial charge in [0.05, 0.1) is 20.8 Å². The Labute approximate surface area is 136 Å². The van der Waals surface area contributed by atoms with E-state index in [9.17, 15) is 4.79 Å². The predicted molar refractivity (Wildman–Crippen MR) is 87.5 cm³/mol. The number of methoxy groups -OCH3 is 2. The molecular formula is C17H21N3O3. The summed E-state index contributed by atoms with van der Waals surface area (Å²) in [6.45, 7) is 0.878. The molecule has 23 heavy (non-hydrogen) atoms. The summed E-state index contributed by atoms with van der Waals surface area (Å²) in [6, 6.07) is 11.1. The van der Waals surface area contributed by atoms with Crippen molar-refractivity contribution in [1.82, 2.24) is 15.2 Å². The molecule has 2 rings (SSSR count). The first-order valence-electron chi connectivity index (χ1n) is 7.24. The molecule has 1 heterocycles. The zero-order chi connectivity index (χ0) is 16.7. The molecule has 1 aromatic heterocycles. The Bertz CT molecular complexity index is 644. The van der Waals surface area contributed by atoms with Gasteiger partial charge in [-0.15, -0.1) is 0 Å². The molecule has 0 aliphatic heterocycles. The van der Waals surface area contributed by atoms with Gasteiger partial charge in [-0.1, -0.05) is 18.2 Å². The SMILES string of the molecule is COc1ccc(CNC(=O)N(C)Cc2cccnc2OC)cc1. The molecule has 0 saturated carbocycles. The fourth-order valence-corrected chi connectivity index (χ4v) is 2.11. The Hall–Kier alpha value is -2.76. The van der Waals surface area contributed by atoms with Gasteiger partial charge in [0.1, 0.15) is 5.75 Å². The largest absolute Gasteiger partial charge is 0.497 e. The summed E-state index contributed by atoms with van der Waals surface area (Å²) in [5.41, 5.74) is 1.86. The summed E-state index contributed by atoms with van der Waals surface area (Å²) in [4.78, 5) is 17.9. The number of hydrogen-bond acceptors (Lipinski definition) is 4. The lowest BCUT2D eigenvalue weighted by Crippen LogP contribution is -2.36. The standard InChI is InChI=1S/C17H21N3O3/c1-20(12-14-5-4-10-18-16(14)23-3)17(21)19-11-13-6-8-15(22-2)9-7-13/h4-10H,11-12H2,1-3H3,(H,19,21). The number of benzene rings is 1. The molecule has 122 valence electrons. The molecular weight excluding hydrogens is 294 g/mol. The number of pyridine rings is 1. The second kappa shape index (κ2) is 8.03. The van der Waals surface area contributed by atoms with E-state index in [1.807, 2.05) is 36.4 Å². The average Bonchev–Trinajstić information content (AvgIpc) is 2.60. The van der Waals surface area contributed by atoms with E-state index in [0.717, 1.165) is 16.9 Å². The van der Waals surface area contributed by atoms with Crippen LogP contribution in [0.4, 0.5) is 4.79 Å². The number of urea groups is 1. The summed E-state index contributed by atoms with van der Waals surface area (Å²) in [7, 11) is 4.92. The van der Waals surface area contributed by atoms with Crippen LogP contribution in [0.3, 0.4) is 0 Å². The van der Waals surface area contributed by atoms with Gasteiger partial charge in [0, 0.05) is 25.4 Å². The maximum Gasteiger partial charge on any atom is 0.317 e. The topological polar surface area (TPSA) is 63.7 Å². The third kappa shape index (κ3) is 4.60. The molecule has 0 saturated heterocycles. The van der Waals surface area contributed by atoms with Gasteiger partial charge in [-0.25, -0.2) is 9.78 Å². The number of carbonyl (C=O) groups is 1. The van der Waals surface area contributed by atoms with Crippen molar-refractivity contribution in [2.24, 2.45) is 0 Å². The lowest BCUT2D eigenvalue weighted by Gasteiger charge is -2.19. The average molecular weight is 315 g/mol. The Morgan fingerprint density at radius 3 is 2.57 bits per heavy atom. The third-order valence-electron chi connectivity index (χ3n) is 3.40. The van der Waals surface area contributed by atoms with Crippen molar-refractivity contribution in [3.63, 3.8) is 0 Å². The highest BCUT2D eigenvalue weighted by molar-refractivity contribution is 5.73. The number of aromatic nitrogens is 1. The van der Waals surface area contributed by atoms with Crippen LogP contribution in [0.15, 0.2) is 42.6 Å². The van der Waals surface area contributed by atoms with Gasteiger partial charge in [0.25, 0.3) is 0 Å². The lowest BCUT2D eigenvalue weighted by molar-refractivity contribution is 0.205. The van der Waals surface area contributed by atoms with E-state index in [1.165, 1.54) is 0 Å². The van der Waals surface area contributed by atoms with Gasteiger partial charge >= 0.3 is 6.03 Å². The molecule has 6 heteroatoms. The smallest absolute Gasteiger partial charge is 0.317 e. The molecule has 2 aromatic rings. The minimum Gasteiger partial charge on any atom is -0.497 e. The maximum absolute atomic E-state index is 12.2. The predicted octanol–water partition coefficient (Wildman–Crippen LogP) is 2.44. The number of nitrogens with one attached hydrogen (secondary N) is 1. The normalized spacial score (nSPS) is 10.0. The monoisotopic (exact) mass is 315 g/mol. The van der Waals surface area contributed by atoms with Crippen molar-refractivity contribution in [2.75, 3.05) is 21.3 Å². The number of carbonyl (C=O) groups excluding carboxylic acids is 1. The van der Waals surface area contributed by atoms with E-state index in [0.29, 0.717) is 19.0 Å². The van der Waals surface area contributed by atoms with E-state index in [1.54, 1.807) is 32.4 Å². The van der Waals surface area contributed by atoms with E-state index in [-0.39, 0.29) is 6.03 Å². The highest BCUT2D eigenvalue weighted by atomic mass is 16.5. The van der Waals surface area contributed by atoms with Gasteiger partial charge in [0.2, 0.25) is 5.88 Å². The van der Waals surface area contributed by atoms with Gasteiger partial charge in [0.15, 0.2) is 0 Å². The summed E-state index contributed by atoms with van der Waals surface area (Å²) < 4.78 is 10.3. The van der Waals surface area contributed by atoms with Gasteiger partial charge in [-0.05, 0) is 23.8 Å². The van der Waals surface area contributed by atoms with Crippen LogP contribution in [0.2, 0.25) is 0 Å². The quantitative estimate of drug-likeness (QED) is 0.889. The number of nitrogens with zero attached hydrogens (tertiary/aromatic N) is 2. The number of rotatable bonds is 6. The number of ether oxygens (including phenoxy) is 2. The minimum absolute atomic E-state index is 0.160. The third-order valence-corrected chi connectivity index (χ3v) is 3.40. The number of hydrogen-bond donors (Lipinski definition) is 1. The van der Waals surface area contributed by atoms with E-state index in [4.69, 9.17) is 9.47 Å². The van der Waals surface area contributed by atoms with Crippen molar-refractivity contribution in [3.8, 4) is 11.6 Å².